The minimum Gasteiger partial charge on any atom is -0.495 e. The molecule has 7 heteroatoms. The first-order valence-electron chi connectivity index (χ1n) is 10.8. The van der Waals surface area contributed by atoms with E-state index >= 15 is 0 Å². The Morgan fingerprint density at radius 1 is 1.16 bits per heavy atom. The smallest absolute Gasteiger partial charge is 0.272 e. The Balaban J connectivity index is 1.47. The number of ether oxygens (including phenoxy) is 1. The number of aromatic amines is 1. The van der Waals surface area contributed by atoms with Gasteiger partial charge in [0.05, 0.1) is 12.8 Å². The summed E-state index contributed by atoms with van der Waals surface area (Å²) in [5.41, 5.74) is 4.24. The van der Waals surface area contributed by atoms with Crippen molar-refractivity contribution in [2.24, 2.45) is 0 Å². The lowest BCUT2D eigenvalue weighted by atomic mass is 9.82. The maximum atomic E-state index is 13.0. The Kier molecular flexibility index (Phi) is 6.25. The monoisotopic (exact) mass is 432 g/mol. The van der Waals surface area contributed by atoms with E-state index in [0.717, 1.165) is 30.5 Å². The summed E-state index contributed by atoms with van der Waals surface area (Å²) in [5.74, 6) is 0.360. The van der Waals surface area contributed by atoms with Crippen molar-refractivity contribution in [2.75, 3.05) is 19.1 Å². The van der Waals surface area contributed by atoms with E-state index in [-0.39, 0.29) is 11.8 Å². The van der Waals surface area contributed by atoms with E-state index in [4.69, 9.17) is 4.74 Å². The Hall–Kier alpha value is -3.61. The lowest BCUT2D eigenvalue weighted by Gasteiger charge is -2.24. The van der Waals surface area contributed by atoms with Crippen molar-refractivity contribution in [3.8, 4) is 5.75 Å². The Morgan fingerprint density at radius 2 is 1.88 bits per heavy atom. The molecular weight excluding hydrogens is 404 g/mol. The summed E-state index contributed by atoms with van der Waals surface area (Å²) in [4.78, 5) is 27.5. The van der Waals surface area contributed by atoms with Gasteiger partial charge in [-0.1, -0.05) is 42.5 Å². The van der Waals surface area contributed by atoms with Gasteiger partial charge in [0, 0.05) is 18.3 Å². The number of hydrogen-bond acceptors (Lipinski definition) is 4. The van der Waals surface area contributed by atoms with E-state index in [1.807, 2.05) is 30.3 Å². The SMILES string of the molecule is COc1ccccc1N(C)C(=O)[C@H](C)NC(=O)c1n[nH]c2c1CC(c1ccccc1)CC2. The number of likely N-dealkylation sites (N-methyl/N-ethyl adjacent to an activating group) is 1. The van der Waals surface area contributed by atoms with E-state index < -0.39 is 6.04 Å². The standard InChI is InChI=1S/C25H28N4O3/c1-16(25(31)29(2)21-11-7-8-12-22(21)32-3)26-24(30)23-19-15-18(13-14-20(19)27-28-23)17-9-5-4-6-10-17/h4-12,16,18H,13-15H2,1-3H3,(H,26,30)(H,27,28)/t16-,18?/m0/s1. The average molecular weight is 433 g/mol. The van der Waals surface area contributed by atoms with Gasteiger partial charge in [0.25, 0.3) is 5.91 Å². The van der Waals surface area contributed by atoms with Gasteiger partial charge in [-0.05, 0) is 49.8 Å². The summed E-state index contributed by atoms with van der Waals surface area (Å²) in [6.45, 7) is 1.68. The number of anilines is 1. The van der Waals surface area contributed by atoms with Crippen molar-refractivity contribution >= 4 is 17.5 Å². The number of nitrogens with one attached hydrogen (secondary N) is 2. The Labute approximate surface area is 187 Å². The van der Waals surface area contributed by atoms with Gasteiger partial charge in [-0.3, -0.25) is 14.7 Å². The number of amides is 2. The van der Waals surface area contributed by atoms with Gasteiger partial charge >= 0.3 is 0 Å². The van der Waals surface area contributed by atoms with Crippen LogP contribution in [-0.4, -0.2) is 42.2 Å². The van der Waals surface area contributed by atoms with Crippen molar-refractivity contribution in [1.29, 1.82) is 0 Å². The van der Waals surface area contributed by atoms with Crippen LogP contribution in [0, 0.1) is 0 Å². The van der Waals surface area contributed by atoms with Gasteiger partial charge < -0.3 is 15.0 Å². The molecular formula is C25H28N4O3. The summed E-state index contributed by atoms with van der Waals surface area (Å²) in [7, 11) is 3.23. The van der Waals surface area contributed by atoms with E-state index in [0.29, 0.717) is 23.0 Å². The van der Waals surface area contributed by atoms with Gasteiger partial charge in [-0.15, -0.1) is 0 Å². The fourth-order valence-electron chi connectivity index (χ4n) is 4.34. The lowest BCUT2D eigenvalue weighted by molar-refractivity contribution is -0.119. The number of carbonyl (C=O) groups excluding carboxylic acids is 2. The molecule has 2 aromatic carbocycles. The van der Waals surface area contributed by atoms with E-state index in [1.54, 1.807) is 33.2 Å². The lowest BCUT2D eigenvalue weighted by Crippen LogP contribution is -2.46. The Bertz CT molecular complexity index is 1110. The van der Waals surface area contributed by atoms with Crippen LogP contribution in [0.25, 0.3) is 0 Å². The molecule has 0 fully saturated rings. The second-order valence-electron chi connectivity index (χ2n) is 8.14. The van der Waals surface area contributed by atoms with Gasteiger partial charge in [0.1, 0.15) is 11.8 Å². The molecule has 2 amide bonds. The number of fused-ring (bicyclic) bond motifs is 1. The van der Waals surface area contributed by atoms with E-state index in [1.165, 1.54) is 10.5 Å². The molecule has 4 rings (SSSR count). The number of rotatable bonds is 6. The molecule has 0 spiro atoms. The number of nitrogens with zero attached hydrogens (tertiary/aromatic N) is 2. The van der Waals surface area contributed by atoms with E-state index in [2.05, 4.69) is 27.6 Å². The molecule has 166 valence electrons. The predicted octanol–water partition coefficient (Wildman–Crippen LogP) is 3.47. The topological polar surface area (TPSA) is 87.3 Å². The fourth-order valence-corrected chi connectivity index (χ4v) is 4.34. The van der Waals surface area contributed by atoms with Gasteiger partial charge in [-0.25, -0.2) is 0 Å². The van der Waals surface area contributed by atoms with Crippen molar-refractivity contribution in [3.63, 3.8) is 0 Å². The zero-order valence-corrected chi connectivity index (χ0v) is 18.6. The molecule has 1 aromatic heterocycles. The highest BCUT2D eigenvalue weighted by atomic mass is 16.5. The normalized spacial score (nSPS) is 16.0. The molecule has 0 saturated heterocycles. The summed E-state index contributed by atoms with van der Waals surface area (Å²) in [6, 6.07) is 16.9. The highest BCUT2D eigenvalue weighted by molar-refractivity contribution is 6.02. The van der Waals surface area contributed by atoms with Crippen molar-refractivity contribution < 1.29 is 14.3 Å². The minimum atomic E-state index is -0.724. The van der Waals surface area contributed by atoms with Gasteiger partial charge in [0.15, 0.2) is 5.69 Å². The number of aryl methyl sites for hydroxylation is 1. The molecule has 1 unspecified atom stereocenters. The molecule has 2 N–H and O–H groups in total. The zero-order valence-electron chi connectivity index (χ0n) is 18.6. The number of aromatic nitrogens is 2. The highest BCUT2D eigenvalue weighted by Crippen LogP contribution is 2.33. The van der Waals surface area contributed by atoms with Crippen LogP contribution < -0.4 is 15.0 Å². The van der Waals surface area contributed by atoms with Gasteiger partial charge in [0.2, 0.25) is 5.91 Å². The third-order valence-corrected chi connectivity index (χ3v) is 6.13. The summed E-state index contributed by atoms with van der Waals surface area (Å²) in [5, 5.41) is 10.1. The molecule has 0 saturated carbocycles. The maximum Gasteiger partial charge on any atom is 0.272 e. The van der Waals surface area contributed by atoms with Crippen LogP contribution in [0.5, 0.6) is 5.75 Å². The molecule has 0 bridgehead atoms. The van der Waals surface area contributed by atoms with Crippen molar-refractivity contribution in [2.45, 2.75) is 38.1 Å². The largest absolute Gasteiger partial charge is 0.495 e. The van der Waals surface area contributed by atoms with Crippen LogP contribution in [0.4, 0.5) is 5.69 Å². The van der Waals surface area contributed by atoms with Crippen molar-refractivity contribution in [3.05, 3.63) is 77.1 Å². The molecule has 7 nitrogen and oxygen atoms in total. The quantitative estimate of drug-likeness (QED) is 0.624. The number of H-pyrrole nitrogens is 1. The third-order valence-electron chi connectivity index (χ3n) is 6.13. The first-order valence-corrected chi connectivity index (χ1v) is 10.8. The van der Waals surface area contributed by atoms with Crippen LogP contribution in [0.3, 0.4) is 0 Å². The molecule has 1 heterocycles. The average Bonchev–Trinajstić information content (AvgIpc) is 3.27. The number of hydrogen-bond donors (Lipinski definition) is 2. The third kappa shape index (κ3) is 4.23. The molecule has 3 aromatic rings. The number of carbonyl (C=O) groups is 2. The van der Waals surface area contributed by atoms with Crippen LogP contribution in [-0.2, 0) is 17.6 Å². The molecule has 1 aliphatic carbocycles. The molecule has 2 atom stereocenters. The number of para-hydroxylation sites is 2. The zero-order chi connectivity index (χ0) is 22.7. The molecule has 0 aliphatic heterocycles. The second kappa shape index (κ2) is 9.26. The summed E-state index contributed by atoms with van der Waals surface area (Å²) in [6.07, 6.45) is 2.61. The predicted molar refractivity (Wildman–Crippen MR) is 123 cm³/mol. The summed E-state index contributed by atoms with van der Waals surface area (Å²) < 4.78 is 5.35. The van der Waals surface area contributed by atoms with Gasteiger partial charge in [-0.2, -0.15) is 5.10 Å². The number of benzene rings is 2. The highest BCUT2D eigenvalue weighted by Gasteiger charge is 2.29. The number of methoxy groups -OCH3 is 1. The minimum absolute atomic E-state index is 0.241. The van der Waals surface area contributed by atoms with Crippen LogP contribution in [0.1, 0.15) is 46.6 Å². The fraction of sp³-hybridized carbons (Fsp3) is 0.320. The Morgan fingerprint density at radius 3 is 2.62 bits per heavy atom. The second-order valence-corrected chi connectivity index (χ2v) is 8.14. The molecule has 1 aliphatic rings. The first-order chi connectivity index (χ1) is 15.5. The van der Waals surface area contributed by atoms with E-state index in [9.17, 15) is 9.59 Å². The van der Waals surface area contributed by atoms with Crippen molar-refractivity contribution in [1.82, 2.24) is 15.5 Å². The van der Waals surface area contributed by atoms with Crippen LogP contribution >= 0.6 is 0 Å². The summed E-state index contributed by atoms with van der Waals surface area (Å²) >= 11 is 0. The molecule has 0 radical (unpaired) electrons. The molecule has 32 heavy (non-hydrogen) atoms. The van der Waals surface area contributed by atoms with Crippen LogP contribution in [0.15, 0.2) is 54.6 Å². The first kappa shape index (κ1) is 21.6. The van der Waals surface area contributed by atoms with Crippen LogP contribution in [0.2, 0.25) is 0 Å². The maximum absolute atomic E-state index is 13.0.